The minimum atomic E-state index is -0.547. The molecular weight excluding hydrogens is 343 g/mol. The molecular formula is C19H16ClFN2O2. The van der Waals surface area contributed by atoms with Crippen LogP contribution in [0.5, 0.6) is 0 Å². The highest BCUT2D eigenvalue weighted by atomic mass is 35.5. The average Bonchev–Trinajstić information content (AvgIpc) is 2.63. The smallest absolute Gasteiger partial charge is 0.200 e. The molecule has 0 N–H and O–H groups in total. The average molecular weight is 359 g/mol. The van der Waals surface area contributed by atoms with Gasteiger partial charge in [0.2, 0.25) is 0 Å². The zero-order valence-corrected chi connectivity index (χ0v) is 14.2. The van der Waals surface area contributed by atoms with Crippen LogP contribution >= 0.6 is 11.6 Å². The fourth-order valence-electron chi connectivity index (χ4n) is 3.15. The highest BCUT2D eigenvalue weighted by molar-refractivity contribution is 6.34. The summed E-state index contributed by atoms with van der Waals surface area (Å²) < 4.78 is 19.3. The van der Waals surface area contributed by atoms with E-state index in [1.54, 1.807) is 0 Å². The minimum absolute atomic E-state index is 0.108. The zero-order chi connectivity index (χ0) is 17.4. The molecule has 25 heavy (non-hydrogen) atoms. The summed E-state index contributed by atoms with van der Waals surface area (Å²) in [5.74, 6) is -0.0762. The molecule has 4 rings (SSSR count). The SMILES string of the molecule is O=c1cc(N2CCN(c3ccccc3)CC2)oc2c(Cl)cc(F)cc12. The van der Waals surface area contributed by atoms with Crippen LogP contribution in [-0.4, -0.2) is 26.2 Å². The van der Waals surface area contributed by atoms with E-state index in [9.17, 15) is 9.18 Å². The summed E-state index contributed by atoms with van der Waals surface area (Å²) in [6, 6.07) is 13.9. The Morgan fingerprint density at radius 1 is 0.960 bits per heavy atom. The van der Waals surface area contributed by atoms with Crippen LogP contribution in [0.4, 0.5) is 16.0 Å². The summed E-state index contributed by atoms with van der Waals surface area (Å²) >= 11 is 6.05. The molecule has 3 aromatic rings. The van der Waals surface area contributed by atoms with Crippen molar-refractivity contribution in [2.75, 3.05) is 36.0 Å². The molecule has 1 aliphatic rings. The van der Waals surface area contributed by atoms with E-state index >= 15 is 0 Å². The molecule has 128 valence electrons. The number of benzene rings is 2. The van der Waals surface area contributed by atoms with Gasteiger partial charge in [-0.25, -0.2) is 4.39 Å². The first-order valence-corrected chi connectivity index (χ1v) is 8.47. The van der Waals surface area contributed by atoms with Crippen LogP contribution in [0.2, 0.25) is 5.02 Å². The van der Waals surface area contributed by atoms with Gasteiger partial charge in [-0.3, -0.25) is 4.79 Å². The highest BCUT2D eigenvalue weighted by Gasteiger charge is 2.20. The number of fused-ring (bicyclic) bond motifs is 1. The number of hydrogen-bond donors (Lipinski definition) is 0. The van der Waals surface area contributed by atoms with Crippen LogP contribution < -0.4 is 15.2 Å². The standard InChI is InChI=1S/C19H16ClFN2O2/c20-16-11-13(21)10-15-17(24)12-18(25-19(15)16)23-8-6-22(7-9-23)14-4-2-1-3-5-14/h1-5,10-12H,6-9H2. The van der Waals surface area contributed by atoms with Gasteiger partial charge in [0.05, 0.1) is 10.4 Å². The van der Waals surface area contributed by atoms with Crippen LogP contribution in [-0.2, 0) is 0 Å². The summed E-state index contributed by atoms with van der Waals surface area (Å²) in [5.41, 5.74) is 1.12. The van der Waals surface area contributed by atoms with Crippen molar-refractivity contribution >= 4 is 34.1 Å². The molecule has 0 bridgehead atoms. The lowest BCUT2D eigenvalue weighted by molar-refractivity contribution is 0.544. The highest BCUT2D eigenvalue weighted by Crippen LogP contribution is 2.27. The van der Waals surface area contributed by atoms with E-state index in [0.29, 0.717) is 5.88 Å². The maximum absolute atomic E-state index is 13.5. The monoisotopic (exact) mass is 358 g/mol. The molecule has 1 aliphatic heterocycles. The van der Waals surface area contributed by atoms with Gasteiger partial charge in [0.1, 0.15) is 5.82 Å². The van der Waals surface area contributed by atoms with Crippen molar-refractivity contribution in [3.05, 3.63) is 69.6 Å². The molecule has 0 radical (unpaired) electrons. The number of halogens is 2. The Bertz CT molecular complexity index is 966. The second-order valence-electron chi connectivity index (χ2n) is 6.02. The van der Waals surface area contributed by atoms with Crippen molar-refractivity contribution in [2.24, 2.45) is 0 Å². The van der Waals surface area contributed by atoms with Crippen molar-refractivity contribution in [1.29, 1.82) is 0 Å². The lowest BCUT2D eigenvalue weighted by Gasteiger charge is -2.36. The van der Waals surface area contributed by atoms with Crippen LogP contribution in [0.3, 0.4) is 0 Å². The van der Waals surface area contributed by atoms with E-state index in [4.69, 9.17) is 16.0 Å². The fourth-order valence-corrected chi connectivity index (χ4v) is 3.40. The van der Waals surface area contributed by atoms with Crippen molar-refractivity contribution in [2.45, 2.75) is 0 Å². The first-order valence-electron chi connectivity index (χ1n) is 8.10. The summed E-state index contributed by atoms with van der Waals surface area (Å²) in [4.78, 5) is 16.6. The van der Waals surface area contributed by atoms with Gasteiger partial charge >= 0.3 is 0 Å². The summed E-state index contributed by atoms with van der Waals surface area (Å²) in [6.07, 6.45) is 0. The van der Waals surface area contributed by atoms with Crippen molar-refractivity contribution < 1.29 is 8.81 Å². The molecule has 0 atom stereocenters. The van der Waals surface area contributed by atoms with Gasteiger partial charge in [0, 0.05) is 37.9 Å². The first kappa shape index (κ1) is 16.0. The third kappa shape index (κ3) is 3.07. The maximum atomic E-state index is 13.5. The Kier molecular flexibility index (Phi) is 4.09. The van der Waals surface area contributed by atoms with Gasteiger partial charge in [-0.2, -0.15) is 0 Å². The molecule has 0 spiro atoms. The molecule has 0 aliphatic carbocycles. The fraction of sp³-hybridized carbons (Fsp3) is 0.211. The lowest BCUT2D eigenvalue weighted by Crippen LogP contribution is -2.46. The van der Waals surface area contributed by atoms with E-state index in [1.165, 1.54) is 11.8 Å². The Morgan fingerprint density at radius 3 is 2.36 bits per heavy atom. The third-order valence-corrected chi connectivity index (χ3v) is 4.73. The van der Waals surface area contributed by atoms with Crippen LogP contribution in [0.25, 0.3) is 11.0 Å². The van der Waals surface area contributed by atoms with Crippen LogP contribution in [0, 0.1) is 5.82 Å². The van der Waals surface area contributed by atoms with Gasteiger partial charge in [-0.1, -0.05) is 29.8 Å². The van der Waals surface area contributed by atoms with E-state index in [1.807, 2.05) is 23.1 Å². The van der Waals surface area contributed by atoms with Crippen LogP contribution in [0.1, 0.15) is 0 Å². The number of anilines is 2. The number of piperazine rings is 1. The quantitative estimate of drug-likeness (QED) is 0.696. The van der Waals surface area contributed by atoms with Gasteiger partial charge in [-0.15, -0.1) is 0 Å². The van der Waals surface area contributed by atoms with Gasteiger partial charge < -0.3 is 14.2 Å². The summed E-state index contributed by atoms with van der Waals surface area (Å²) in [5, 5.41) is 0.272. The van der Waals surface area contributed by atoms with Crippen molar-refractivity contribution in [1.82, 2.24) is 0 Å². The Labute approximate surface area is 149 Å². The molecule has 2 aromatic carbocycles. The second-order valence-corrected chi connectivity index (χ2v) is 6.43. The number of para-hydroxylation sites is 1. The molecule has 6 heteroatoms. The van der Waals surface area contributed by atoms with E-state index in [0.717, 1.165) is 38.3 Å². The third-order valence-electron chi connectivity index (χ3n) is 4.45. The lowest BCUT2D eigenvalue weighted by atomic mass is 10.2. The second kappa shape index (κ2) is 6.41. The predicted molar refractivity (Wildman–Crippen MR) is 98.3 cm³/mol. The summed E-state index contributed by atoms with van der Waals surface area (Å²) in [7, 11) is 0. The molecule has 0 saturated carbocycles. The molecule has 2 heterocycles. The number of hydrogen-bond acceptors (Lipinski definition) is 4. The molecule has 1 fully saturated rings. The molecule has 1 saturated heterocycles. The van der Waals surface area contributed by atoms with Crippen molar-refractivity contribution in [3.63, 3.8) is 0 Å². The van der Waals surface area contributed by atoms with Gasteiger partial charge in [-0.05, 0) is 24.3 Å². The molecule has 0 unspecified atom stereocenters. The molecule has 4 nitrogen and oxygen atoms in total. The topological polar surface area (TPSA) is 36.7 Å². The largest absolute Gasteiger partial charge is 0.439 e. The van der Waals surface area contributed by atoms with Gasteiger partial charge in [0.25, 0.3) is 0 Å². The number of nitrogens with zero attached hydrogens (tertiary/aromatic N) is 2. The van der Waals surface area contributed by atoms with E-state index < -0.39 is 5.82 Å². The van der Waals surface area contributed by atoms with Crippen molar-refractivity contribution in [3.8, 4) is 0 Å². The van der Waals surface area contributed by atoms with Crippen LogP contribution in [0.15, 0.2) is 57.7 Å². The van der Waals surface area contributed by atoms with E-state index in [-0.39, 0.29) is 21.4 Å². The Balaban J connectivity index is 1.60. The molecule has 1 aromatic heterocycles. The maximum Gasteiger partial charge on any atom is 0.200 e. The zero-order valence-electron chi connectivity index (χ0n) is 13.4. The predicted octanol–water partition coefficient (Wildman–Crippen LogP) is 3.91. The summed E-state index contributed by atoms with van der Waals surface area (Å²) in [6.45, 7) is 3.09. The Morgan fingerprint density at radius 2 is 1.64 bits per heavy atom. The minimum Gasteiger partial charge on any atom is -0.439 e. The normalized spacial score (nSPS) is 15.0. The first-order chi connectivity index (χ1) is 12.1. The molecule has 0 amide bonds. The Hall–Kier alpha value is -2.53. The van der Waals surface area contributed by atoms with E-state index in [2.05, 4.69) is 17.0 Å². The number of rotatable bonds is 2. The van der Waals surface area contributed by atoms with Gasteiger partial charge in [0.15, 0.2) is 16.9 Å².